The summed E-state index contributed by atoms with van der Waals surface area (Å²) in [6.07, 6.45) is 8.77. The normalized spacial score (nSPS) is 21.7. The average molecular weight is 338 g/mol. The molecule has 2 aromatic rings. The summed E-state index contributed by atoms with van der Waals surface area (Å²) in [5.74, 6) is 0.317. The van der Waals surface area contributed by atoms with Gasteiger partial charge in [-0.1, -0.05) is 43.2 Å². The Kier molecular flexibility index (Phi) is 4.57. The molecule has 1 saturated carbocycles. The molecule has 5 heteroatoms. The van der Waals surface area contributed by atoms with Crippen LogP contribution >= 0.6 is 0 Å². The van der Waals surface area contributed by atoms with Crippen LogP contribution in [0.15, 0.2) is 42.7 Å². The Bertz CT molecular complexity index is 713. The highest BCUT2D eigenvalue weighted by atomic mass is 16.2. The number of aromatic nitrogens is 2. The summed E-state index contributed by atoms with van der Waals surface area (Å²) < 4.78 is 1.92. The van der Waals surface area contributed by atoms with Crippen molar-refractivity contribution in [2.75, 3.05) is 13.1 Å². The maximum absolute atomic E-state index is 12.7. The molecule has 1 amide bonds. The van der Waals surface area contributed by atoms with Gasteiger partial charge in [0.25, 0.3) is 0 Å². The van der Waals surface area contributed by atoms with E-state index < -0.39 is 0 Å². The molecule has 132 valence electrons. The smallest absolute Gasteiger partial charge is 0.225 e. The predicted octanol–water partition coefficient (Wildman–Crippen LogP) is 2.33. The van der Waals surface area contributed by atoms with Crippen molar-refractivity contribution in [1.82, 2.24) is 20.4 Å². The van der Waals surface area contributed by atoms with E-state index in [-0.39, 0.29) is 17.2 Å². The molecule has 2 N–H and O–H groups in total. The Morgan fingerprint density at radius 1 is 1.24 bits per heavy atom. The Balaban J connectivity index is 1.33. The van der Waals surface area contributed by atoms with Crippen molar-refractivity contribution in [2.45, 2.75) is 38.8 Å². The number of hydrogen-bond acceptors (Lipinski definition) is 3. The summed E-state index contributed by atoms with van der Waals surface area (Å²) in [7, 11) is 0. The predicted molar refractivity (Wildman–Crippen MR) is 96.9 cm³/mol. The number of amides is 1. The van der Waals surface area contributed by atoms with Gasteiger partial charge in [0, 0.05) is 31.4 Å². The lowest BCUT2D eigenvalue weighted by molar-refractivity contribution is -0.127. The minimum atomic E-state index is 0.120. The van der Waals surface area contributed by atoms with Crippen molar-refractivity contribution in [2.24, 2.45) is 11.3 Å². The molecule has 2 aliphatic rings. The Labute approximate surface area is 148 Å². The van der Waals surface area contributed by atoms with Gasteiger partial charge in [-0.05, 0) is 23.8 Å². The Morgan fingerprint density at radius 2 is 2.04 bits per heavy atom. The first kappa shape index (κ1) is 16.3. The van der Waals surface area contributed by atoms with Crippen LogP contribution in [0.1, 0.15) is 36.8 Å². The Morgan fingerprint density at radius 3 is 2.84 bits per heavy atom. The quantitative estimate of drug-likeness (QED) is 0.880. The van der Waals surface area contributed by atoms with Crippen LogP contribution in [0.25, 0.3) is 0 Å². The van der Waals surface area contributed by atoms with E-state index >= 15 is 0 Å². The van der Waals surface area contributed by atoms with Gasteiger partial charge in [0.15, 0.2) is 0 Å². The van der Waals surface area contributed by atoms with Crippen molar-refractivity contribution in [3.05, 3.63) is 53.9 Å². The molecular formula is C20H26N4O. The van der Waals surface area contributed by atoms with E-state index in [9.17, 15) is 4.79 Å². The van der Waals surface area contributed by atoms with Gasteiger partial charge in [0.1, 0.15) is 0 Å². The van der Waals surface area contributed by atoms with Crippen molar-refractivity contribution in [3.8, 4) is 0 Å². The molecular weight excluding hydrogens is 312 g/mol. The molecule has 1 unspecified atom stereocenters. The van der Waals surface area contributed by atoms with Crippen LogP contribution in [0.4, 0.5) is 0 Å². The monoisotopic (exact) mass is 338 g/mol. The van der Waals surface area contributed by atoms with Crippen LogP contribution < -0.4 is 10.6 Å². The van der Waals surface area contributed by atoms with Crippen molar-refractivity contribution < 1.29 is 4.79 Å². The molecule has 1 aliphatic carbocycles. The minimum absolute atomic E-state index is 0.120. The SMILES string of the molecule is O=C(NCc1cnn(Cc2ccccc2)c1)C1CNCC12CCCC2. The maximum Gasteiger partial charge on any atom is 0.225 e. The van der Waals surface area contributed by atoms with E-state index in [1.54, 1.807) is 0 Å². The second-order valence-electron chi connectivity index (χ2n) is 7.50. The van der Waals surface area contributed by atoms with Crippen molar-refractivity contribution >= 4 is 5.91 Å². The summed E-state index contributed by atoms with van der Waals surface area (Å²) in [4.78, 5) is 12.7. The molecule has 1 saturated heterocycles. The average Bonchev–Trinajstić information content (AvgIpc) is 3.37. The summed E-state index contributed by atoms with van der Waals surface area (Å²) in [5.41, 5.74) is 2.48. The highest BCUT2D eigenvalue weighted by Crippen LogP contribution is 2.46. The molecule has 5 nitrogen and oxygen atoms in total. The largest absolute Gasteiger partial charge is 0.352 e. The number of rotatable bonds is 5. The van der Waals surface area contributed by atoms with Crippen molar-refractivity contribution in [3.63, 3.8) is 0 Å². The van der Waals surface area contributed by atoms with E-state index in [0.29, 0.717) is 6.54 Å². The van der Waals surface area contributed by atoms with E-state index in [2.05, 4.69) is 27.9 Å². The van der Waals surface area contributed by atoms with Crippen LogP contribution in [0.3, 0.4) is 0 Å². The van der Waals surface area contributed by atoms with Crippen LogP contribution in [0.2, 0.25) is 0 Å². The standard InChI is InChI=1S/C20H26N4O/c25-19(18-12-21-15-20(18)8-4-5-9-20)22-10-17-11-23-24(14-17)13-16-6-2-1-3-7-16/h1-3,6-7,11,14,18,21H,4-5,8-10,12-13,15H2,(H,22,25). The Hall–Kier alpha value is -2.14. The summed E-state index contributed by atoms with van der Waals surface area (Å²) in [6, 6.07) is 10.3. The van der Waals surface area contributed by atoms with Crippen LogP contribution in [-0.2, 0) is 17.9 Å². The minimum Gasteiger partial charge on any atom is -0.352 e. The van der Waals surface area contributed by atoms with E-state index in [1.807, 2.05) is 35.3 Å². The zero-order chi connectivity index (χ0) is 17.1. The van der Waals surface area contributed by atoms with Crippen LogP contribution in [-0.4, -0.2) is 28.8 Å². The molecule has 4 rings (SSSR count). The number of nitrogens with zero attached hydrogens (tertiary/aromatic N) is 2. The number of carbonyl (C=O) groups is 1. The number of carbonyl (C=O) groups excluding carboxylic acids is 1. The molecule has 1 aromatic carbocycles. The fourth-order valence-corrected chi connectivity index (χ4v) is 4.45. The fourth-order valence-electron chi connectivity index (χ4n) is 4.45. The van der Waals surface area contributed by atoms with Crippen LogP contribution in [0.5, 0.6) is 0 Å². The molecule has 1 atom stereocenters. The first-order valence-electron chi connectivity index (χ1n) is 9.29. The summed E-state index contributed by atoms with van der Waals surface area (Å²) >= 11 is 0. The highest BCUT2D eigenvalue weighted by Gasteiger charge is 2.47. The molecule has 2 heterocycles. The second-order valence-corrected chi connectivity index (χ2v) is 7.50. The first-order valence-corrected chi connectivity index (χ1v) is 9.29. The third-order valence-corrected chi connectivity index (χ3v) is 5.82. The van der Waals surface area contributed by atoms with Gasteiger partial charge >= 0.3 is 0 Å². The van der Waals surface area contributed by atoms with Gasteiger partial charge in [-0.15, -0.1) is 0 Å². The fraction of sp³-hybridized carbons (Fsp3) is 0.500. The topological polar surface area (TPSA) is 59.0 Å². The lowest BCUT2D eigenvalue weighted by atomic mass is 9.76. The van der Waals surface area contributed by atoms with E-state index in [1.165, 1.54) is 31.2 Å². The van der Waals surface area contributed by atoms with Gasteiger partial charge in [-0.25, -0.2) is 0 Å². The second kappa shape index (κ2) is 7.00. The van der Waals surface area contributed by atoms with Gasteiger partial charge in [-0.3, -0.25) is 9.48 Å². The van der Waals surface area contributed by atoms with Gasteiger partial charge in [0.05, 0.1) is 18.7 Å². The molecule has 2 fully saturated rings. The molecule has 25 heavy (non-hydrogen) atoms. The third kappa shape index (κ3) is 3.47. The number of nitrogens with one attached hydrogen (secondary N) is 2. The zero-order valence-corrected chi connectivity index (χ0v) is 14.6. The van der Waals surface area contributed by atoms with Gasteiger partial charge < -0.3 is 10.6 Å². The molecule has 0 bridgehead atoms. The third-order valence-electron chi connectivity index (χ3n) is 5.82. The van der Waals surface area contributed by atoms with Crippen LogP contribution in [0, 0.1) is 11.3 Å². The van der Waals surface area contributed by atoms with E-state index in [0.717, 1.165) is 25.2 Å². The van der Waals surface area contributed by atoms with Crippen molar-refractivity contribution in [1.29, 1.82) is 0 Å². The number of benzene rings is 1. The van der Waals surface area contributed by atoms with Gasteiger partial charge in [-0.2, -0.15) is 5.10 Å². The summed E-state index contributed by atoms with van der Waals surface area (Å²) in [5, 5.41) is 11.0. The highest BCUT2D eigenvalue weighted by molar-refractivity contribution is 5.80. The lowest BCUT2D eigenvalue weighted by Gasteiger charge is -2.28. The first-order chi connectivity index (χ1) is 12.3. The maximum atomic E-state index is 12.7. The molecule has 1 spiro atoms. The number of hydrogen-bond donors (Lipinski definition) is 2. The molecule has 1 aliphatic heterocycles. The van der Waals surface area contributed by atoms with E-state index in [4.69, 9.17) is 0 Å². The molecule has 1 aromatic heterocycles. The summed E-state index contributed by atoms with van der Waals surface area (Å²) in [6.45, 7) is 3.13. The van der Waals surface area contributed by atoms with Gasteiger partial charge in [0.2, 0.25) is 5.91 Å². The zero-order valence-electron chi connectivity index (χ0n) is 14.6. The lowest BCUT2D eigenvalue weighted by Crippen LogP contribution is -2.39. The molecule has 0 radical (unpaired) electrons.